The van der Waals surface area contributed by atoms with Crippen LogP contribution in [-0.4, -0.2) is 89.6 Å². The summed E-state index contributed by atoms with van der Waals surface area (Å²) >= 11 is 0. The number of phenols is 7. The van der Waals surface area contributed by atoms with Gasteiger partial charge in [0.2, 0.25) is 0 Å². The van der Waals surface area contributed by atoms with E-state index in [-0.39, 0.29) is 48.4 Å². The van der Waals surface area contributed by atoms with Gasteiger partial charge >= 0.3 is 0 Å². The van der Waals surface area contributed by atoms with Crippen molar-refractivity contribution < 1.29 is 55.9 Å². The van der Waals surface area contributed by atoms with E-state index < -0.39 is 18.3 Å². The molecule has 0 heterocycles. The van der Waals surface area contributed by atoms with Crippen LogP contribution in [0.1, 0.15) is 101 Å². The van der Waals surface area contributed by atoms with Gasteiger partial charge in [0.15, 0.2) is 5.78 Å². The van der Waals surface area contributed by atoms with Gasteiger partial charge in [-0.2, -0.15) is 0 Å². The lowest BCUT2D eigenvalue weighted by molar-refractivity contribution is 0.100. The molecule has 0 spiro atoms. The number of Topliss-reactive ketones (excluding diaryl/α,β-unsaturated/α-hetero) is 1. The molecule has 7 aromatic carbocycles. The summed E-state index contributed by atoms with van der Waals surface area (Å²) < 4.78 is 0. The molecule has 0 saturated carbocycles. The van der Waals surface area contributed by atoms with Crippen LogP contribution >= 0.6 is 0 Å². The number of benzene rings is 7. The fourth-order valence-electron chi connectivity index (χ4n) is 6.72. The first kappa shape index (κ1) is 64.6. The molecule has 410 valence electrons. The number of nitrogens with two attached hydrogens (primary N) is 5. The highest BCUT2D eigenvalue weighted by molar-refractivity contribution is 5.97. The van der Waals surface area contributed by atoms with Gasteiger partial charge < -0.3 is 79.7 Å². The summed E-state index contributed by atoms with van der Waals surface area (Å²) in [5.41, 5.74) is 32.8. The van der Waals surface area contributed by atoms with Gasteiger partial charge in [0, 0.05) is 18.7 Å². The third-order valence-electron chi connectivity index (χ3n) is 11.6. The first-order chi connectivity index (χ1) is 36.3. The molecule has 0 radical (unpaired) electrons. The zero-order valence-electron chi connectivity index (χ0n) is 43.4. The lowest BCUT2D eigenvalue weighted by Crippen LogP contribution is -2.13. The van der Waals surface area contributed by atoms with Crippen LogP contribution in [0.4, 0.5) is 0 Å². The van der Waals surface area contributed by atoms with Crippen molar-refractivity contribution in [3.63, 3.8) is 0 Å². The molecule has 5 atom stereocenters. The fourth-order valence-corrected chi connectivity index (χ4v) is 6.72. The predicted molar refractivity (Wildman–Crippen MR) is 300 cm³/mol. The van der Waals surface area contributed by atoms with Gasteiger partial charge in [0.1, 0.15) is 40.2 Å². The molecule has 7 rings (SSSR count). The second-order valence-corrected chi connectivity index (χ2v) is 17.8. The molecule has 20 N–H and O–H groups in total. The minimum Gasteiger partial charge on any atom is -0.508 e. The Hall–Kier alpha value is -7.51. The molecule has 0 aliphatic rings. The molecule has 16 heteroatoms. The van der Waals surface area contributed by atoms with Crippen LogP contribution in [0.5, 0.6) is 40.2 Å². The van der Waals surface area contributed by atoms with E-state index in [0.717, 1.165) is 48.8 Å². The summed E-state index contributed by atoms with van der Waals surface area (Å²) in [6.45, 7) is 5.96. The van der Waals surface area contributed by atoms with Crippen LogP contribution in [0.3, 0.4) is 0 Å². The maximum Gasteiger partial charge on any atom is 0.176 e. The van der Waals surface area contributed by atoms with Crippen LogP contribution in [0.25, 0.3) is 0 Å². The maximum atomic E-state index is 10.9. The summed E-state index contributed by atoms with van der Waals surface area (Å²) in [5, 5.41) is 91.6. The highest BCUT2D eigenvalue weighted by Crippen LogP contribution is 2.25. The molecule has 0 fully saturated rings. The van der Waals surface area contributed by atoms with E-state index in [1.165, 1.54) is 53.1 Å². The van der Waals surface area contributed by atoms with Gasteiger partial charge in [0.05, 0.1) is 24.9 Å². The smallest absolute Gasteiger partial charge is 0.176 e. The molecule has 7 aromatic rings. The Bertz CT molecular complexity index is 2470. The number of ketones is 1. The van der Waals surface area contributed by atoms with Gasteiger partial charge in [-0.05, 0) is 187 Å². The number of carbonyl (C=O) groups excluding carboxylic acids is 1. The van der Waals surface area contributed by atoms with Crippen molar-refractivity contribution in [3.05, 3.63) is 209 Å². The van der Waals surface area contributed by atoms with Gasteiger partial charge in [-0.15, -0.1) is 0 Å². The molecule has 0 bridgehead atoms. The molecule has 0 aromatic heterocycles. The average Bonchev–Trinajstić information content (AvgIpc) is 3.44. The second-order valence-electron chi connectivity index (χ2n) is 17.8. The van der Waals surface area contributed by atoms with Crippen molar-refractivity contribution in [2.45, 2.75) is 70.2 Å². The van der Waals surface area contributed by atoms with E-state index in [4.69, 9.17) is 54.2 Å². The number of hydrogen-bond acceptors (Lipinski definition) is 16. The standard InChI is InChI=1S/C19H24O3.C9H13NO.2C8H11NO2.C8H9NO2.C8H11NO/c1-14(2-4-15-5-9-17(20)10-6-15)3-13-19(22)16-7-11-18(21)12-8-16;1-7(6-10)8-2-4-9(11)5-3-8;3*9-5-8(11)6-1-3-7(10)4-2-6;9-6-5-7-1-3-8(10)4-2-7/h5-12,14,19-22H,2-4,13H2,1H3;2-5,7,11H,6,10H2,1H3;2*1-4,8,10-11H,5,9H2;1-4,10H,5,9H2;1-4,10H,5-6,9H2. The van der Waals surface area contributed by atoms with Gasteiger partial charge in [-0.25, -0.2) is 0 Å². The summed E-state index contributed by atoms with van der Waals surface area (Å²) in [7, 11) is 0. The zero-order chi connectivity index (χ0) is 56.4. The number of phenolic OH excluding ortho intramolecular Hbond substituents is 7. The van der Waals surface area contributed by atoms with Crippen LogP contribution in [0, 0.1) is 5.92 Å². The van der Waals surface area contributed by atoms with Crippen molar-refractivity contribution >= 4 is 5.78 Å². The molecule has 0 aliphatic heterocycles. The van der Waals surface area contributed by atoms with Crippen LogP contribution in [0.2, 0.25) is 0 Å². The average molecular weight is 1050 g/mol. The van der Waals surface area contributed by atoms with Gasteiger partial charge in [0.25, 0.3) is 0 Å². The number of aromatic hydroxyl groups is 7. The Kier molecular flexibility index (Phi) is 31.0. The lowest BCUT2D eigenvalue weighted by atomic mass is 9.94. The first-order valence-corrected chi connectivity index (χ1v) is 24.9. The molecule has 16 nitrogen and oxygen atoms in total. The highest BCUT2D eigenvalue weighted by Gasteiger charge is 2.11. The normalized spacial score (nSPS) is 12.2. The van der Waals surface area contributed by atoms with E-state index >= 15 is 0 Å². The second kappa shape index (κ2) is 36.4. The topological polar surface area (TPSA) is 349 Å². The van der Waals surface area contributed by atoms with Crippen molar-refractivity contribution in [2.75, 3.05) is 32.7 Å². The van der Waals surface area contributed by atoms with E-state index in [9.17, 15) is 30.3 Å². The quantitative estimate of drug-likeness (QED) is 0.0386. The Morgan fingerprint density at radius 1 is 0.368 bits per heavy atom. The third-order valence-corrected chi connectivity index (χ3v) is 11.6. The SMILES string of the molecule is CC(CCc1ccc(O)cc1)CCC(O)c1ccc(O)cc1.CC(CN)c1ccc(O)cc1.NCC(=O)c1ccc(O)cc1.NCC(O)c1ccc(O)cc1.NCC(O)c1ccc(O)cc1.NCCc1ccc(O)cc1. The van der Waals surface area contributed by atoms with Crippen molar-refractivity contribution in [2.24, 2.45) is 34.6 Å². The first-order valence-electron chi connectivity index (χ1n) is 24.9. The van der Waals surface area contributed by atoms with E-state index in [1.807, 2.05) is 36.4 Å². The Balaban J connectivity index is 0.000000322. The number of aliphatic hydroxyl groups excluding tert-OH is 3. The molecular formula is C60H79N5O11. The zero-order valence-corrected chi connectivity index (χ0v) is 43.4. The van der Waals surface area contributed by atoms with Crippen molar-refractivity contribution in [3.8, 4) is 40.2 Å². The number of carbonyl (C=O) groups is 1. The number of rotatable bonds is 17. The molecule has 0 amide bonds. The fraction of sp³-hybridized carbons (Fsp3) is 0.283. The molecule has 5 unspecified atom stereocenters. The Morgan fingerprint density at radius 2 is 0.671 bits per heavy atom. The largest absolute Gasteiger partial charge is 0.508 e. The molecule has 0 saturated heterocycles. The van der Waals surface area contributed by atoms with Gasteiger partial charge in [-0.3, -0.25) is 4.79 Å². The molecule has 76 heavy (non-hydrogen) atoms. The summed E-state index contributed by atoms with van der Waals surface area (Å²) in [6, 6.07) is 47.0. The lowest BCUT2D eigenvalue weighted by Gasteiger charge is -2.15. The maximum absolute atomic E-state index is 10.9. The number of aliphatic hydroxyl groups is 3. The summed E-state index contributed by atoms with van der Waals surface area (Å²) in [4.78, 5) is 10.9. The van der Waals surface area contributed by atoms with Crippen molar-refractivity contribution in [1.82, 2.24) is 0 Å². The highest BCUT2D eigenvalue weighted by atomic mass is 16.3. The number of hydrogen-bond donors (Lipinski definition) is 15. The van der Waals surface area contributed by atoms with Crippen LogP contribution in [-0.2, 0) is 12.8 Å². The minimum absolute atomic E-state index is 0.00474. The van der Waals surface area contributed by atoms with Crippen LogP contribution < -0.4 is 28.7 Å². The summed E-state index contributed by atoms with van der Waals surface area (Å²) in [6.07, 6.45) is 2.87. The van der Waals surface area contributed by atoms with Gasteiger partial charge in [-0.1, -0.05) is 86.6 Å². The van der Waals surface area contributed by atoms with Crippen LogP contribution in [0.15, 0.2) is 170 Å². The van der Waals surface area contributed by atoms with Crippen molar-refractivity contribution in [1.29, 1.82) is 0 Å². The number of aryl methyl sites for hydroxylation is 1. The Labute approximate surface area is 446 Å². The van der Waals surface area contributed by atoms with E-state index in [1.54, 1.807) is 97.1 Å². The molecule has 0 aliphatic carbocycles. The minimum atomic E-state index is -0.629. The Morgan fingerprint density at radius 3 is 0.987 bits per heavy atom. The predicted octanol–water partition coefficient (Wildman–Crippen LogP) is 7.83. The van der Waals surface area contributed by atoms with E-state index in [0.29, 0.717) is 47.7 Å². The third kappa shape index (κ3) is 26.6. The monoisotopic (exact) mass is 1050 g/mol. The van der Waals surface area contributed by atoms with E-state index in [2.05, 4.69) is 13.8 Å². The summed E-state index contributed by atoms with van der Waals surface area (Å²) in [5.74, 6) is 2.45. The molecular weight excluding hydrogens is 967 g/mol.